The van der Waals surface area contributed by atoms with Crippen LogP contribution in [0.15, 0.2) is 10.7 Å². The minimum atomic E-state index is -0.376. The van der Waals surface area contributed by atoms with Crippen molar-refractivity contribution in [1.82, 2.24) is 9.78 Å². The van der Waals surface area contributed by atoms with Gasteiger partial charge in [0, 0.05) is 6.04 Å². The van der Waals surface area contributed by atoms with Gasteiger partial charge in [-0.15, -0.1) is 0 Å². The highest BCUT2D eigenvalue weighted by Crippen LogP contribution is 2.48. The number of aliphatic hydroxyl groups is 1. The van der Waals surface area contributed by atoms with Crippen molar-refractivity contribution >= 4 is 15.9 Å². The maximum absolute atomic E-state index is 10.2. The molecule has 0 aliphatic heterocycles. The van der Waals surface area contributed by atoms with Gasteiger partial charge in [-0.1, -0.05) is 6.92 Å². The smallest absolute Gasteiger partial charge is 0.0998 e. The molecule has 1 aliphatic carbocycles. The van der Waals surface area contributed by atoms with Crippen LogP contribution in [0.4, 0.5) is 0 Å². The molecule has 0 amide bonds. The molecular formula is C11H17BrN2O. The van der Waals surface area contributed by atoms with Gasteiger partial charge in [0.2, 0.25) is 0 Å². The Kier molecular flexibility index (Phi) is 2.90. The van der Waals surface area contributed by atoms with E-state index in [1.165, 1.54) is 0 Å². The largest absolute Gasteiger partial charge is 0.386 e. The molecule has 1 fully saturated rings. The van der Waals surface area contributed by atoms with Gasteiger partial charge in [0.1, 0.15) is 0 Å². The molecule has 3 nitrogen and oxygen atoms in total. The molecule has 84 valence electrons. The predicted molar refractivity (Wildman–Crippen MR) is 62.5 cm³/mol. The van der Waals surface area contributed by atoms with Crippen molar-refractivity contribution in [2.24, 2.45) is 11.8 Å². The lowest BCUT2D eigenvalue weighted by atomic mass is 10.1. The van der Waals surface area contributed by atoms with Crippen LogP contribution in [0.1, 0.15) is 45.0 Å². The van der Waals surface area contributed by atoms with Crippen molar-refractivity contribution in [2.45, 2.75) is 39.3 Å². The molecule has 0 spiro atoms. The molecule has 0 saturated heterocycles. The molecule has 4 heteroatoms. The lowest BCUT2D eigenvalue weighted by Gasteiger charge is -2.16. The third-order valence-corrected chi connectivity index (χ3v) is 3.74. The topological polar surface area (TPSA) is 38.1 Å². The first kappa shape index (κ1) is 11.1. The molecule has 2 rings (SSSR count). The minimum Gasteiger partial charge on any atom is -0.386 e. The highest BCUT2D eigenvalue weighted by Gasteiger charge is 2.41. The summed E-state index contributed by atoms with van der Waals surface area (Å²) in [5.74, 6) is 1.05. The Labute approximate surface area is 98.6 Å². The Morgan fingerprint density at radius 2 is 2.20 bits per heavy atom. The molecule has 1 aromatic rings. The lowest BCUT2D eigenvalue weighted by Crippen LogP contribution is -2.13. The van der Waals surface area contributed by atoms with Gasteiger partial charge >= 0.3 is 0 Å². The number of nitrogens with zero attached hydrogens (tertiary/aromatic N) is 2. The van der Waals surface area contributed by atoms with E-state index in [4.69, 9.17) is 0 Å². The summed E-state index contributed by atoms with van der Waals surface area (Å²) in [5.41, 5.74) is 0.930. The summed E-state index contributed by atoms with van der Waals surface area (Å²) in [6, 6.07) is 0.287. The summed E-state index contributed by atoms with van der Waals surface area (Å²) in [6.45, 7) is 6.33. The Morgan fingerprint density at radius 3 is 2.67 bits per heavy atom. The van der Waals surface area contributed by atoms with E-state index in [0.717, 1.165) is 16.6 Å². The van der Waals surface area contributed by atoms with E-state index in [0.29, 0.717) is 11.8 Å². The second kappa shape index (κ2) is 3.91. The van der Waals surface area contributed by atoms with Gasteiger partial charge in [-0.25, -0.2) is 0 Å². The fourth-order valence-corrected chi connectivity index (χ4v) is 2.54. The van der Waals surface area contributed by atoms with Crippen molar-refractivity contribution in [1.29, 1.82) is 0 Å². The van der Waals surface area contributed by atoms with Crippen LogP contribution in [0, 0.1) is 11.8 Å². The standard InChI is InChI=1S/C11H17BrN2O/c1-6(2)14-10(9(12)5-13-14)11(15)8-4-7(8)3/h5-8,11,15H,4H2,1-3H3. The monoisotopic (exact) mass is 272 g/mol. The third kappa shape index (κ3) is 1.97. The van der Waals surface area contributed by atoms with Gasteiger partial charge in [0.15, 0.2) is 0 Å². The van der Waals surface area contributed by atoms with E-state index in [9.17, 15) is 5.11 Å². The number of hydrogen-bond donors (Lipinski definition) is 1. The quantitative estimate of drug-likeness (QED) is 0.919. The number of aliphatic hydroxyl groups excluding tert-OH is 1. The highest BCUT2D eigenvalue weighted by atomic mass is 79.9. The number of hydrogen-bond acceptors (Lipinski definition) is 2. The zero-order chi connectivity index (χ0) is 11.2. The Bertz CT molecular complexity index is 361. The number of aromatic nitrogens is 2. The molecule has 3 unspecified atom stereocenters. The molecule has 1 heterocycles. The second-order valence-electron chi connectivity index (χ2n) is 4.74. The summed E-state index contributed by atoms with van der Waals surface area (Å²) in [4.78, 5) is 0. The van der Waals surface area contributed by atoms with Crippen molar-refractivity contribution < 1.29 is 5.11 Å². The Hall–Kier alpha value is -0.350. The molecule has 0 radical (unpaired) electrons. The zero-order valence-corrected chi connectivity index (χ0v) is 10.9. The van der Waals surface area contributed by atoms with E-state index in [1.807, 2.05) is 4.68 Å². The average Bonchev–Trinajstić information content (AvgIpc) is 2.74. The van der Waals surface area contributed by atoms with Crippen LogP contribution in [0.25, 0.3) is 0 Å². The first-order chi connectivity index (χ1) is 7.02. The van der Waals surface area contributed by atoms with E-state index >= 15 is 0 Å². The van der Waals surface area contributed by atoms with Crippen molar-refractivity contribution in [3.05, 3.63) is 16.4 Å². The Balaban J connectivity index is 2.29. The molecule has 15 heavy (non-hydrogen) atoms. The van der Waals surface area contributed by atoms with Crippen molar-refractivity contribution in [2.75, 3.05) is 0 Å². The maximum Gasteiger partial charge on any atom is 0.0998 e. The zero-order valence-electron chi connectivity index (χ0n) is 9.31. The van der Waals surface area contributed by atoms with Crippen LogP contribution in [0.2, 0.25) is 0 Å². The van der Waals surface area contributed by atoms with Crippen LogP contribution in [0.5, 0.6) is 0 Å². The van der Waals surface area contributed by atoms with E-state index in [2.05, 4.69) is 41.8 Å². The fourth-order valence-electron chi connectivity index (χ4n) is 2.03. The van der Waals surface area contributed by atoms with Crippen LogP contribution >= 0.6 is 15.9 Å². The van der Waals surface area contributed by atoms with Crippen molar-refractivity contribution in [3.63, 3.8) is 0 Å². The normalized spacial score (nSPS) is 27.1. The van der Waals surface area contributed by atoms with Gasteiger partial charge in [0.25, 0.3) is 0 Å². The first-order valence-electron chi connectivity index (χ1n) is 5.43. The fraction of sp³-hybridized carbons (Fsp3) is 0.727. The van der Waals surface area contributed by atoms with Crippen LogP contribution in [-0.4, -0.2) is 14.9 Å². The summed E-state index contributed by atoms with van der Waals surface area (Å²) < 4.78 is 2.82. The van der Waals surface area contributed by atoms with Crippen LogP contribution in [-0.2, 0) is 0 Å². The summed E-state index contributed by atoms with van der Waals surface area (Å²) in [6.07, 6.45) is 2.52. The SMILES string of the molecule is CC1CC1C(O)c1c(Br)cnn1C(C)C. The average molecular weight is 273 g/mol. The number of halogens is 1. The van der Waals surface area contributed by atoms with Gasteiger partial charge in [-0.3, -0.25) is 4.68 Å². The van der Waals surface area contributed by atoms with E-state index in [1.54, 1.807) is 6.20 Å². The van der Waals surface area contributed by atoms with Gasteiger partial charge < -0.3 is 5.11 Å². The van der Waals surface area contributed by atoms with E-state index in [-0.39, 0.29) is 12.1 Å². The summed E-state index contributed by atoms with van der Waals surface area (Å²) >= 11 is 3.46. The summed E-state index contributed by atoms with van der Waals surface area (Å²) in [5, 5.41) is 14.5. The van der Waals surface area contributed by atoms with Crippen LogP contribution < -0.4 is 0 Å². The molecule has 0 aromatic carbocycles. The lowest BCUT2D eigenvalue weighted by molar-refractivity contribution is 0.135. The van der Waals surface area contributed by atoms with Gasteiger partial charge in [-0.2, -0.15) is 5.10 Å². The molecule has 1 N–H and O–H groups in total. The second-order valence-corrected chi connectivity index (χ2v) is 5.59. The molecular weight excluding hydrogens is 256 g/mol. The number of rotatable bonds is 3. The summed E-state index contributed by atoms with van der Waals surface area (Å²) in [7, 11) is 0. The Morgan fingerprint density at radius 1 is 1.60 bits per heavy atom. The minimum absolute atomic E-state index is 0.287. The molecule has 3 atom stereocenters. The van der Waals surface area contributed by atoms with E-state index < -0.39 is 0 Å². The van der Waals surface area contributed by atoms with Gasteiger partial charge in [0.05, 0.1) is 22.5 Å². The first-order valence-corrected chi connectivity index (χ1v) is 6.22. The van der Waals surface area contributed by atoms with Crippen molar-refractivity contribution in [3.8, 4) is 0 Å². The van der Waals surface area contributed by atoms with Gasteiger partial charge in [-0.05, 0) is 48.0 Å². The molecule has 1 saturated carbocycles. The molecule has 1 aliphatic rings. The predicted octanol–water partition coefficient (Wildman–Crippen LogP) is 2.92. The highest BCUT2D eigenvalue weighted by molar-refractivity contribution is 9.10. The maximum atomic E-state index is 10.2. The molecule has 0 bridgehead atoms. The molecule has 1 aromatic heterocycles. The van der Waals surface area contributed by atoms with Crippen LogP contribution in [0.3, 0.4) is 0 Å². The third-order valence-electron chi connectivity index (χ3n) is 3.13.